The second-order valence-corrected chi connectivity index (χ2v) is 13.6. The molecule has 0 radical (unpaired) electrons. The van der Waals surface area contributed by atoms with E-state index in [-0.39, 0.29) is 16.7 Å². The predicted octanol–water partition coefficient (Wildman–Crippen LogP) is 6.85. The second kappa shape index (κ2) is 12.7. The van der Waals surface area contributed by atoms with Crippen molar-refractivity contribution in [3.05, 3.63) is 89.2 Å². The van der Waals surface area contributed by atoms with Crippen LogP contribution in [0.2, 0.25) is 0 Å². The third kappa shape index (κ3) is 5.56. The average Bonchev–Trinajstić information content (AvgIpc) is 3.54. The van der Waals surface area contributed by atoms with Crippen molar-refractivity contribution in [2.45, 2.75) is 82.0 Å². The summed E-state index contributed by atoms with van der Waals surface area (Å²) in [6.07, 6.45) is 8.22. The van der Waals surface area contributed by atoms with E-state index in [1.165, 1.54) is 51.0 Å². The minimum atomic E-state index is -0.990. The van der Waals surface area contributed by atoms with Gasteiger partial charge in [-0.2, -0.15) is 0 Å². The molecule has 46 heavy (non-hydrogen) atoms. The highest BCUT2D eigenvalue weighted by atomic mass is 16.5. The largest absolute Gasteiger partial charge is 0.493 e. The molecular formula is C38H46N4O4. The number of nitrogens with zero attached hydrogens (tertiary/aromatic N) is 4. The van der Waals surface area contributed by atoms with Gasteiger partial charge in [-0.1, -0.05) is 48.5 Å². The number of rotatable bonds is 10. The van der Waals surface area contributed by atoms with Crippen molar-refractivity contribution < 1.29 is 19.4 Å². The van der Waals surface area contributed by atoms with Gasteiger partial charge in [-0.25, -0.2) is 9.78 Å². The van der Waals surface area contributed by atoms with Crippen LogP contribution >= 0.6 is 0 Å². The number of aromatic nitrogens is 2. The Morgan fingerprint density at radius 3 is 2.28 bits per heavy atom. The number of fused-ring (bicyclic) bond motifs is 3. The molecule has 8 heteroatoms. The number of benzene rings is 3. The number of imidazole rings is 1. The third-order valence-corrected chi connectivity index (χ3v) is 11.3. The Morgan fingerprint density at radius 2 is 1.61 bits per heavy atom. The SMILES string of the molecule is COc1ccc(CN2CCC(CCN3C4CCC3CC(n3c(C)nc5ccccc53)C4)(c3ccccc3)CC2)c(C(=O)O)c1OC. The summed E-state index contributed by atoms with van der Waals surface area (Å²) >= 11 is 0. The first kappa shape index (κ1) is 30.8. The van der Waals surface area contributed by atoms with Crippen LogP contribution in [0.15, 0.2) is 66.7 Å². The first-order valence-corrected chi connectivity index (χ1v) is 16.8. The zero-order valence-electron chi connectivity index (χ0n) is 27.3. The number of hydrogen-bond donors (Lipinski definition) is 1. The molecule has 1 aromatic heterocycles. The lowest BCUT2D eigenvalue weighted by Crippen LogP contribution is -2.48. The van der Waals surface area contributed by atoms with Gasteiger partial charge in [-0.15, -0.1) is 0 Å². The highest BCUT2D eigenvalue weighted by Gasteiger charge is 2.44. The van der Waals surface area contributed by atoms with E-state index in [1.54, 1.807) is 0 Å². The van der Waals surface area contributed by atoms with E-state index in [2.05, 4.69) is 75.9 Å². The van der Waals surface area contributed by atoms with Crippen LogP contribution < -0.4 is 9.47 Å². The van der Waals surface area contributed by atoms with Gasteiger partial charge in [-0.3, -0.25) is 9.80 Å². The van der Waals surface area contributed by atoms with Crippen molar-refractivity contribution in [1.29, 1.82) is 0 Å². The predicted molar refractivity (Wildman–Crippen MR) is 180 cm³/mol. The van der Waals surface area contributed by atoms with Crippen LogP contribution in [0, 0.1) is 6.92 Å². The number of methoxy groups -OCH3 is 2. The molecule has 1 N–H and O–H groups in total. The van der Waals surface area contributed by atoms with Crippen LogP contribution in [0.4, 0.5) is 0 Å². The molecule has 2 atom stereocenters. The molecular weight excluding hydrogens is 576 g/mol. The maximum atomic E-state index is 12.3. The van der Waals surface area contributed by atoms with Crippen LogP contribution in [0.5, 0.6) is 11.5 Å². The van der Waals surface area contributed by atoms with Gasteiger partial charge in [0.15, 0.2) is 11.5 Å². The van der Waals surface area contributed by atoms with Crippen LogP contribution in [0.3, 0.4) is 0 Å². The minimum Gasteiger partial charge on any atom is -0.493 e. The van der Waals surface area contributed by atoms with Crippen molar-refractivity contribution >= 4 is 17.0 Å². The summed E-state index contributed by atoms with van der Waals surface area (Å²) in [7, 11) is 3.03. The highest BCUT2D eigenvalue weighted by Crippen LogP contribution is 2.45. The molecule has 0 aliphatic carbocycles. The molecule has 3 saturated heterocycles. The van der Waals surface area contributed by atoms with Gasteiger partial charge in [0.25, 0.3) is 0 Å². The Labute approximate surface area is 271 Å². The Balaban J connectivity index is 1.06. The number of piperidine rings is 2. The Morgan fingerprint density at radius 1 is 0.913 bits per heavy atom. The topological polar surface area (TPSA) is 80.1 Å². The van der Waals surface area contributed by atoms with Crippen LogP contribution in [0.25, 0.3) is 11.0 Å². The standard InChI is InChI=1S/C38H46N4O4/c1-26-39-32-11-7-8-12-33(32)42(26)31-23-29-14-15-30(24-31)41(29)22-19-38(28-9-5-4-6-10-28)17-20-40(21-18-38)25-27-13-16-34(45-2)36(46-3)35(27)37(43)44/h4-13,16,29-31H,14-15,17-25H2,1-3H3,(H,43,44). The number of para-hydroxylation sites is 2. The summed E-state index contributed by atoms with van der Waals surface area (Å²) in [6, 6.07) is 25.1. The maximum absolute atomic E-state index is 12.3. The molecule has 242 valence electrons. The molecule has 2 bridgehead atoms. The van der Waals surface area contributed by atoms with E-state index in [0.29, 0.717) is 30.4 Å². The molecule has 7 rings (SSSR count). The molecule has 4 aromatic rings. The van der Waals surface area contributed by atoms with E-state index in [4.69, 9.17) is 14.5 Å². The summed E-state index contributed by atoms with van der Waals surface area (Å²) in [4.78, 5) is 22.4. The molecule has 0 amide bonds. The monoisotopic (exact) mass is 622 g/mol. The molecule has 8 nitrogen and oxygen atoms in total. The molecule has 2 unspecified atom stereocenters. The first-order valence-electron chi connectivity index (χ1n) is 16.8. The summed E-state index contributed by atoms with van der Waals surface area (Å²) in [5, 5.41) is 10.1. The fourth-order valence-corrected chi connectivity index (χ4v) is 8.98. The Bertz CT molecular complexity index is 1680. The van der Waals surface area contributed by atoms with Crippen molar-refractivity contribution in [3.63, 3.8) is 0 Å². The molecule has 4 heterocycles. The van der Waals surface area contributed by atoms with Gasteiger partial charge in [0, 0.05) is 24.7 Å². The van der Waals surface area contributed by atoms with E-state index in [0.717, 1.165) is 55.8 Å². The lowest BCUT2D eigenvalue weighted by molar-refractivity contribution is 0.0685. The quantitative estimate of drug-likeness (QED) is 0.207. The molecule has 3 aliphatic heterocycles. The van der Waals surface area contributed by atoms with E-state index in [1.807, 2.05) is 12.1 Å². The first-order chi connectivity index (χ1) is 22.4. The summed E-state index contributed by atoms with van der Waals surface area (Å²) in [5.41, 5.74) is 4.89. The normalized spacial score (nSPS) is 23.1. The third-order valence-electron chi connectivity index (χ3n) is 11.3. The molecule has 0 saturated carbocycles. The number of ether oxygens (including phenoxy) is 2. The number of aryl methyl sites for hydroxylation is 1. The van der Waals surface area contributed by atoms with Gasteiger partial charge < -0.3 is 19.1 Å². The average molecular weight is 623 g/mol. The van der Waals surface area contributed by atoms with Gasteiger partial charge in [0.05, 0.1) is 25.3 Å². The number of carboxylic acids is 1. The van der Waals surface area contributed by atoms with Crippen LogP contribution in [0.1, 0.15) is 78.3 Å². The molecule has 3 aromatic carbocycles. The van der Waals surface area contributed by atoms with Crippen molar-refractivity contribution in [2.24, 2.45) is 0 Å². The fourth-order valence-electron chi connectivity index (χ4n) is 8.98. The molecule has 3 fully saturated rings. The highest BCUT2D eigenvalue weighted by molar-refractivity contribution is 5.94. The van der Waals surface area contributed by atoms with Gasteiger partial charge >= 0.3 is 5.97 Å². The summed E-state index contributed by atoms with van der Waals surface area (Å²) in [6.45, 7) is 5.71. The van der Waals surface area contributed by atoms with Gasteiger partial charge in [-0.05, 0) is 106 Å². The lowest BCUT2D eigenvalue weighted by atomic mass is 9.70. The lowest BCUT2D eigenvalue weighted by Gasteiger charge is -2.46. The van der Waals surface area contributed by atoms with Gasteiger partial charge in [0.1, 0.15) is 11.4 Å². The van der Waals surface area contributed by atoms with E-state index in [9.17, 15) is 9.90 Å². The molecule has 3 aliphatic rings. The van der Waals surface area contributed by atoms with E-state index < -0.39 is 5.97 Å². The number of likely N-dealkylation sites (tertiary alicyclic amines) is 1. The van der Waals surface area contributed by atoms with Gasteiger partial charge in [0.2, 0.25) is 0 Å². The number of carbonyl (C=O) groups is 1. The number of aromatic carboxylic acids is 1. The Hall–Kier alpha value is -3.88. The van der Waals surface area contributed by atoms with Crippen LogP contribution in [-0.4, -0.2) is 76.4 Å². The van der Waals surface area contributed by atoms with E-state index >= 15 is 0 Å². The van der Waals surface area contributed by atoms with Crippen molar-refractivity contribution in [2.75, 3.05) is 33.9 Å². The van der Waals surface area contributed by atoms with Crippen molar-refractivity contribution in [3.8, 4) is 11.5 Å². The number of carboxylic acid groups (broad SMARTS) is 1. The zero-order valence-corrected chi connectivity index (χ0v) is 27.3. The van der Waals surface area contributed by atoms with Crippen molar-refractivity contribution in [1.82, 2.24) is 19.4 Å². The Kier molecular flexibility index (Phi) is 8.51. The fraction of sp³-hybridized carbons (Fsp3) is 0.474. The summed E-state index contributed by atoms with van der Waals surface area (Å²) < 4.78 is 13.4. The maximum Gasteiger partial charge on any atom is 0.339 e. The second-order valence-electron chi connectivity index (χ2n) is 13.6. The van der Waals surface area contributed by atoms with Crippen LogP contribution in [-0.2, 0) is 12.0 Å². The number of hydrogen-bond acceptors (Lipinski definition) is 6. The minimum absolute atomic E-state index is 0.110. The smallest absolute Gasteiger partial charge is 0.339 e. The zero-order chi connectivity index (χ0) is 31.8. The summed E-state index contributed by atoms with van der Waals surface area (Å²) in [5.74, 6) is 0.878. The molecule has 0 spiro atoms.